The number of aromatic amines is 1. The number of nitrogens with zero attached hydrogens (tertiary/aromatic N) is 4. The van der Waals surface area contributed by atoms with Gasteiger partial charge in [0.05, 0.1) is 6.04 Å². The molecule has 1 unspecified atom stereocenters. The van der Waals surface area contributed by atoms with Crippen LogP contribution in [-0.2, 0) is 0 Å². The first kappa shape index (κ1) is 13.3. The van der Waals surface area contributed by atoms with Crippen molar-refractivity contribution in [1.29, 1.82) is 0 Å². The smallest absolute Gasteiger partial charge is 0.275 e. The highest BCUT2D eigenvalue weighted by Crippen LogP contribution is 2.25. The Balaban J connectivity index is 1.80. The monoisotopic (exact) mass is 276 g/mol. The summed E-state index contributed by atoms with van der Waals surface area (Å²) in [4.78, 5) is 6.97. The summed E-state index contributed by atoms with van der Waals surface area (Å²) in [6.45, 7) is 6.28. The molecular formula is C13H20N6O. The van der Waals surface area contributed by atoms with Crippen LogP contribution in [0, 0.1) is 0 Å². The quantitative estimate of drug-likeness (QED) is 0.854. The van der Waals surface area contributed by atoms with Crippen molar-refractivity contribution in [3.05, 3.63) is 18.1 Å². The second-order valence-electron chi connectivity index (χ2n) is 5.02. The summed E-state index contributed by atoms with van der Waals surface area (Å²) in [6, 6.07) is 2.07. The maximum Gasteiger partial charge on any atom is 0.275 e. The van der Waals surface area contributed by atoms with Crippen molar-refractivity contribution in [1.82, 2.24) is 30.6 Å². The highest BCUT2D eigenvalue weighted by Gasteiger charge is 2.26. The number of H-pyrrole nitrogens is 1. The van der Waals surface area contributed by atoms with Crippen LogP contribution in [-0.4, -0.2) is 51.4 Å². The minimum atomic E-state index is 0.238. The molecule has 2 N–H and O–H groups in total. The SMILES string of the molecule is CCCC(c1noc(-c2ccn[nH]2)n1)N1CCNCC1. The van der Waals surface area contributed by atoms with E-state index in [-0.39, 0.29) is 6.04 Å². The van der Waals surface area contributed by atoms with Gasteiger partial charge in [0.1, 0.15) is 5.69 Å². The summed E-state index contributed by atoms with van der Waals surface area (Å²) < 4.78 is 5.35. The Morgan fingerprint density at radius 3 is 2.95 bits per heavy atom. The third-order valence-corrected chi connectivity index (χ3v) is 3.63. The Bertz CT molecular complexity index is 517. The topological polar surface area (TPSA) is 82.9 Å². The first-order valence-corrected chi connectivity index (χ1v) is 7.16. The van der Waals surface area contributed by atoms with E-state index in [4.69, 9.17) is 4.52 Å². The normalized spacial score (nSPS) is 18.2. The molecule has 1 atom stereocenters. The van der Waals surface area contributed by atoms with Gasteiger partial charge in [-0.15, -0.1) is 0 Å². The summed E-state index contributed by atoms with van der Waals surface area (Å²) in [6.07, 6.45) is 3.82. The predicted octanol–water partition coefficient (Wildman–Crippen LogP) is 1.21. The zero-order valence-corrected chi connectivity index (χ0v) is 11.7. The third kappa shape index (κ3) is 2.73. The number of hydrogen-bond acceptors (Lipinski definition) is 6. The summed E-state index contributed by atoms with van der Waals surface area (Å²) >= 11 is 0. The molecule has 3 heterocycles. The molecule has 0 bridgehead atoms. The molecule has 1 aliphatic rings. The van der Waals surface area contributed by atoms with Gasteiger partial charge in [-0.3, -0.25) is 10.00 Å². The molecule has 0 amide bonds. The van der Waals surface area contributed by atoms with Gasteiger partial charge < -0.3 is 9.84 Å². The highest BCUT2D eigenvalue weighted by molar-refractivity contribution is 5.44. The van der Waals surface area contributed by atoms with Crippen molar-refractivity contribution in [2.24, 2.45) is 0 Å². The molecule has 2 aromatic heterocycles. The molecule has 0 aliphatic carbocycles. The van der Waals surface area contributed by atoms with Crippen molar-refractivity contribution >= 4 is 0 Å². The molecule has 0 spiro atoms. The summed E-state index contributed by atoms with van der Waals surface area (Å²) in [5.41, 5.74) is 0.763. The molecule has 7 heteroatoms. The van der Waals surface area contributed by atoms with Crippen LogP contribution in [0.5, 0.6) is 0 Å². The predicted molar refractivity (Wildman–Crippen MR) is 74.0 cm³/mol. The zero-order chi connectivity index (χ0) is 13.8. The van der Waals surface area contributed by atoms with Crippen molar-refractivity contribution < 1.29 is 4.52 Å². The molecule has 0 aromatic carbocycles. The molecule has 20 heavy (non-hydrogen) atoms. The van der Waals surface area contributed by atoms with Crippen molar-refractivity contribution in [2.75, 3.05) is 26.2 Å². The molecule has 7 nitrogen and oxygen atoms in total. The van der Waals surface area contributed by atoms with Gasteiger partial charge >= 0.3 is 0 Å². The van der Waals surface area contributed by atoms with Gasteiger partial charge in [-0.25, -0.2) is 0 Å². The number of aromatic nitrogens is 4. The van der Waals surface area contributed by atoms with Crippen LogP contribution in [0.15, 0.2) is 16.8 Å². The molecule has 2 aromatic rings. The number of nitrogens with one attached hydrogen (secondary N) is 2. The molecule has 1 aliphatic heterocycles. The van der Waals surface area contributed by atoms with Crippen LogP contribution in [0.2, 0.25) is 0 Å². The van der Waals surface area contributed by atoms with E-state index < -0.39 is 0 Å². The Labute approximate surface area is 117 Å². The van der Waals surface area contributed by atoms with Gasteiger partial charge in [-0.05, 0) is 12.5 Å². The first-order chi connectivity index (χ1) is 9.88. The molecular weight excluding hydrogens is 256 g/mol. The van der Waals surface area contributed by atoms with E-state index in [1.807, 2.05) is 6.07 Å². The third-order valence-electron chi connectivity index (χ3n) is 3.63. The Hall–Kier alpha value is -1.73. The average molecular weight is 276 g/mol. The van der Waals surface area contributed by atoms with E-state index in [1.165, 1.54) is 0 Å². The molecule has 0 saturated carbocycles. The Morgan fingerprint density at radius 2 is 2.25 bits per heavy atom. The van der Waals surface area contributed by atoms with E-state index in [1.54, 1.807) is 6.20 Å². The van der Waals surface area contributed by atoms with E-state index in [2.05, 4.69) is 37.5 Å². The second-order valence-corrected chi connectivity index (χ2v) is 5.02. The van der Waals surface area contributed by atoms with Crippen LogP contribution >= 0.6 is 0 Å². The molecule has 0 radical (unpaired) electrons. The summed E-state index contributed by atoms with van der Waals surface area (Å²) in [7, 11) is 0. The minimum absolute atomic E-state index is 0.238. The van der Waals surface area contributed by atoms with Crippen molar-refractivity contribution in [3.63, 3.8) is 0 Å². The first-order valence-electron chi connectivity index (χ1n) is 7.16. The highest BCUT2D eigenvalue weighted by atomic mass is 16.5. The number of piperazine rings is 1. The van der Waals surface area contributed by atoms with E-state index in [0.717, 1.165) is 50.5 Å². The summed E-state index contributed by atoms with van der Waals surface area (Å²) in [5.74, 6) is 1.28. The van der Waals surface area contributed by atoms with Gasteiger partial charge in [0.15, 0.2) is 5.82 Å². The minimum Gasteiger partial charge on any atom is -0.332 e. The average Bonchev–Trinajstić information content (AvgIpc) is 3.16. The lowest BCUT2D eigenvalue weighted by Gasteiger charge is -2.33. The zero-order valence-electron chi connectivity index (χ0n) is 11.7. The van der Waals surface area contributed by atoms with Gasteiger partial charge in [0.2, 0.25) is 0 Å². The lowest BCUT2D eigenvalue weighted by Crippen LogP contribution is -2.45. The fraction of sp³-hybridized carbons (Fsp3) is 0.615. The Kier molecular flexibility index (Phi) is 4.08. The maximum atomic E-state index is 5.35. The van der Waals surface area contributed by atoms with E-state index in [9.17, 15) is 0 Å². The fourth-order valence-electron chi connectivity index (χ4n) is 2.60. The molecule has 1 saturated heterocycles. The van der Waals surface area contributed by atoms with Gasteiger partial charge in [0.25, 0.3) is 5.89 Å². The second kappa shape index (κ2) is 6.15. The van der Waals surface area contributed by atoms with Crippen LogP contribution in [0.3, 0.4) is 0 Å². The van der Waals surface area contributed by atoms with Gasteiger partial charge in [-0.1, -0.05) is 18.5 Å². The fourth-order valence-corrected chi connectivity index (χ4v) is 2.60. The van der Waals surface area contributed by atoms with Gasteiger partial charge in [0, 0.05) is 32.4 Å². The lowest BCUT2D eigenvalue weighted by atomic mass is 10.1. The van der Waals surface area contributed by atoms with Crippen molar-refractivity contribution in [3.8, 4) is 11.6 Å². The van der Waals surface area contributed by atoms with Crippen LogP contribution in [0.1, 0.15) is 31.6 Å². The van der Waals surface area contributed by atoms with Crippen LogP contribution in [0.4, 0.5) is 0 Å². The standard InChI is InChI=1S/C13H20N6O/c1-2-3-11(19-8-6-14-7-9-19)12-16-13(20-18-12)10-4-5-15-17-10/h4-5,11,14H,2-3,6-9H2,1H3,(H,15,17). The van der Waals surface area contributed by atoms with Crippen molar-refractivity contribution in [2.45, 2.75) is 25.8 Å². The summed E-state index contributed by atoms with van der Waals surface area (Å²) in [5, 5.41) is 14.3. The molecule has 108 valence electrons. The Morgan fingerprint density at radius 1 is 1.40 bits per heavy atom. The largest absolute Gasteiger partial charge is 0.332 e. The number of rotatable bonds is 5. The van der Waals surface area contributed by atoms with E-state index >= 15 is 0 Å². The van der Waals surface area contributed by atoms with E-state index in [0.29, 0.717) is 5.89 Å². The van der Waals surface area contributed by atoms with Crippen LogP contribution in [0.25, 0.3) is 11.6 Å². The van der Waals surface area contributed by atoms with Gasteiger partial charge in [-0.2, -0.15) is 10.1 Å². The lowest BCUT2D eigenvalue weighted by molar-refractivity contribution is 0.155. The number of hydrogen-bond donors (Lipinski definition) is 2. The van der Waals surface area contributed by atoms with Crippen LogP contribution < -0.4 is 5.32 Å². The molecule has 1 fully saturated rings. The molecule has 3 rings (SSSR count). The maximum absolute atomic E-state index is 5.35.